The second-order valence-electron chi connectivity index (χ2n) is 3.93. The number of benzene rings is 1. The first-order valence-electron chi connectivity index (χ1n) is 5.28. The highest BCUT2D eigenvalue weighted by molar-refractivity contribution is 7.91. The number of hydrogen-bond donors (Lipinski definition) is 0. The summed E-state index contributed by atoms with van der Waals surface area (Å²) in [5.41, 5.74) is -0.0128. The van der Waals surface area contributed by atoms with Gasteiger partial charge in [0.2, 0.25) is 5.03 Å². The third-order valence-electron chi connectivity index (χ3n) is 2.93. The van der Waals surface area contributed by atoms with Crippen molar-refractivity contribution in [3.05, 3.63) is 40.7 Å². The van der Waals surface area contributed by atoms with Gasteiger partial charge < -0.3 is 4.55 Å². The first-order chi connectivity index (χ1) is 7.77. The number of hydrogen-bond acceptors (Lipinski definition) is 2. The first kappa shape index (κ1) is 9.93. The zero-order valence-corrected chi connectivity index (χ0v) is 9.50. The third-order valence-corrected chi connectivity index (χ3v) is 4.39. The van der Waals surface area contributed by atoms with Gasteiger partial charge in [-0.1, -0.05) is 18.2 Å². The Hall–Kier alpha value is -1.26. The summed E-state index contributed by atoms with van der Waals surface area (Å²) in [6.07, 6.45) is 0.817. The number of aromatic nitrogens is 1. The lowest BCUT2D eigenvalue weighted by Gasteiger charge is -2.21. The van der Waals surface area contributed by atoms with Crippen molar-refractivity contribution < 1.29 is 4.55 Å². The zero-order chi connectivity index (χ0) is 11.1. The fourth-order valence-electron chi connectivity index (χ4n) is 2.13. The first-order valence-corrected chi connectivity index (χ1v) is 6.60. The SMILES string of the molecule is O=c1c2ccccc2cc2n1CCC[S+]2[O-]. The van der Waals surface area contributed by atoms with E-state index in [4.69, 9.17) is 0 Å². The summed E-state index contributed by atoms with van der Waals surface area (Å²) in [6, 6.07) is 9.35. The van der Waals surface area contributed by atoms with E-state index in [1.54, 1.807) is 4.57 Å². The standard InChI is InChI=1S/C12H11NO2S/c14-12-10-5-2-1-4-9(10)8-11-13(12)6-3-7-16(11)15/h1-2,4-5,8H,3,6-7H2. The summed E-state index contributed by atoms with van der Waals surface area (Å²) < 4.78 is 13.5. The minimum absolute atomic E-state index is 0.0128. The molecule has 0 N–H and O–H groups in total. The Morgan fingerprint density at radius 2 is 2.12 bits per heavy atom. The fraction of sp³-hybridized carbons (Fsp3) is 0.250. The van der Waals surface area contributed by atoms with Gasteiger partial charge in [0.05, 0.1) is 0 Å². The van der Waals surface area contributed by atoms with Gasteiger partial charge in [-0.3, -0.25) is 9.36 Å². The van der Waals surface area contributed by atoms with Crippen LogP contribution in [0.2, 0.25) is 0 Å². The Morgan fingerprint density at radius 1 is 1.31 bits per heavy atom. The predicted molar refractivity (Wildman–Crippen MR) is 64.1 cm³/mol. The van der Waals surface area contributed by atoms with Crippen molar-refractivity contribution in [2.24, 2.45) is 0 Å². The molecule has 0 fully saturated rings. The van der Waals surface area contributed by atoms with Gasteiger partial charge in [-0.15, -0.1) is 0 Å². The monoisotopic (exact) mass is 233 g/mol. The second kappa shape index (κ2) is 3.64. The average molecular weight is 233 g/mol. The smallest absolute Gasteiger partial charge is 0.262 e. The molecule has 82 valence electrons. The highest BCUT2D eigenvalue weighted by atomic mass is 32.2. The van der Waals surface area contributed by atoms with Crippen LogP contribution in [0.4, 0.5) is 0 Å². The summed E-state index contributed by atoms with van der Waals surface area (Å²) in [5.74, 6) is 0.664. The normalized spacial score (nSPS) is 19.7. The molecule has 1 aromatic heterocycles. The maximum atomic E-state index is 12.1. The maximum absolute atomic E-state index is 12.1. The Bertz CT molecular complexity index is 605. The highest BCUT2D eigenvalue weighted by Gasteiger charge is 2.23. The molecule has 3 nitrogen and oxygen atoms in total. The molecule has 1 atom stereocenters. The van der Waals surface area contributed by atoms with Crippen LogP contribution in [0.15, 0.2) is 40.2 Å². The van der Waals surface area contributed by atoms with Gasteiger partial charge >= 0.3 is 0 Å². The molecule has 2 heterocycles. The average Bonchev–Trinajstić information content (AvgIpc) is 2.31. The molecule has 1 unspecified atom stereocenters. The molecule has 0 bridgehead atoms. The lowest BCUT2D eigenvalue weighted by atomic mass is 10.2. The lowest BCUT2D eigenvalue weighted by Crippen LogP contribution is -2.31. The number of pyridine rings is 1. The lowest BCUT2D eigenvalue weighted by molar-refractivity contribution is 0.526. The minimum atomic E-state index is -1.02. The molecule has 1 aliphatic heterocycles. The number of fused-ring (bicyclic) bond motifs is 2. The maximum Gasteiger partial charge on any atom is 0.262 e. The van der Waals surface area contributed by atoms with Crippen molar-refractivity contribution in [3.8, 4) is 0 Å². The van der Waals surface area contributed by atoms with Crippen molar-refractivity contribution >= 4 is 21.9 Å². The van der Waals surface area contributed by atoms with Crippen LogP contribution in [-0.4, -0.2) is 14.9 Å². The molecule has 0 amide bonds. The summed E-state index contributed by atoms with van der Waals surface area (Å²) in [7, 11) is 0. The molecule has 0 saturated heterocycles. The van der Waals surface area contributed by atoms with Gasteiger partial charge in [0, 0.05) is 35.6 Å². The Kier molecular flexibility index (Phi) is 2.26. The number of rotatable bonds is 0. The summed E-state index contributed by atoms with van der Waals surface area (Å²) in [6.45, 7) is 0.685. The molecule has 4 heteroatoms. The Balaban J connectivity index is 2.41. The van der Waals surface area contributed by atoms with Crippen LogP contribution < -0.4 is 5.56 Å². The van der Waals surface area contributed by atoms with Crippen LogP contribution in [0, 0.1) is 0 Å². The molecule has 0 spiro atoms. The van der Waals surface area contributed by atoms with Gasteiger partial charge in [-0.05, 0) is 11.5 Å². The van der Waals surface area contributed by atoms with E-state index in [0.29, 0.717) is 22.7 Å². The van der Waals surface area contributed by atoms with Gasteiger partial charge in [-0.2, -0.15) is 0 Å². The van der Waals surface area contributed by atoms with Crippen LogP contribution in [0.25, 0.3) is 10.8 Å². The topological polar surface area (TPSA) is 45.1 Å². The van der Waals surface area contributed by atoms with E-state index in [1.807, 2.05) is 30.3 Å². The van der Waals surface area contributed by atoms with E-state index in [2.05, 4.69) is 0 Å². The van der Waals surface area contributed by atoms with E-state index >= 15 is 0 Å². The summed E-state index contributed by atoms with van der Waals surface area (Å²) >= 11 is -1.02. The van der Waals surface area contributed by atoms with Gasteiger partial charge in [0.1, 0.15) is 5.75 Å². The fourth-order valence-corrected chi connectivity index (χ4v) is 3.41. The van der Waals surface area contributed by atoms with Crippen LogP contribution in [0.5, 0.6) is 0 Å². The van der Waals surface area contributed by atoms with Gasteiger partial charge in [0.25, 0.3) is 5.56 Å². The quantitative estimate of drug-likeness (QED) is 0.647. The molecular weight excluding hydrogens is 222 g/mol. The number of nitrogens with zero attached hydrogens (tertiary/aromatic N) is 1. The predicted octanol–water partition coefficient (Wildman–Crippen LogP) is 1.51. The third kappa shape index (κ3) is 1.37. The van der Waals surface area contributed by atoms with Crippen molar-refractivity contribution in [1.82, 2.24) is 4.57 Å². The van der Waals surface area contributed by atoms with Crippen LogP contribution in [-0.2, 0) is 17.7 Å². The molecule has 3 rings (SSSR count). The molecule has 16 heavy (non-hydrogen) atoms. The van der Waals surface area contributed by atoms with Crippen molar-refractivity contribution in [1.29, 1.82) is 0 Å². The second-order valence-corrected chi connectivity index (χ2v) is 5.45. The van der Waals surface area contributed by atoms with Gasteiger partial charge in [0.15, 0.2) is 0 Å². The Morgan fingerprint density at radius 3 is 3.00 bits per heavy atom. The zero-order valence-electron chi connectivity index (χ0n) is 8.68. The van der Waals surface area contributed by atoms with E-state index in [0.717, 1.165) is 11.8 Å². The molecular formula is C12H11NO2S. The van der Waals surface area contributed by atoms with Crippen LogP contribution in [0.3, 0.4) is 0 Å². The largest absolute Gasteiger partial charge is 0.610 e. The van der Waals surface area contributed by atoms with Crippen molar-refractivity contribution in [2.75, 3.05) is 5.75 Å². The molecule has 0 aliphatic carbocycles. The van der Waals surface area contributed by atoms with E-state index in [9.17, 15) is 9.35 Å². The van der Waals surface area contributed by atoms with E-state index in [1.165, 1.54) is 0 Å². The van der Waals surface area contributed by atoms with Crippen molar-refractivity contribution in [2.45, 2.75) is 18.0 Å². The molecule has 1 aromatic carbocycles. The molecule has 0 saturated carbocycles. The summed E-state index contributed by atoms with van der Waals surface area (Å²) in [4.78, 5) is 12.1. The van der Waals surface area contributed by atoms with E-state index < -0.39 is 11.2 Å². The molecule has 0 radical (unpaired) electrons. The van der Waals surface area contributed by atoms with Crippen LogP contribution in [0.1, 0.15) is 6.42 Å². The molecule has 2 aromatic rings. The minimum Gasteiger partial charge on any atom is -0.610 e. The van der Waals surface area contributed by atoms with Crippen LogP contribution >= 0.6 is 0 Å². The summed E-state index contributed by atoms with van der Waals surface area (Å²) in [5, 5.41) is 2.27. The Labute approximate surface area is 95.9 Å². The van der Waals surface area contributed by atoms with E-state index in [-0.39, 0.29) is 5.56 Å². The van der Waals surface area contributed by atoms with Gasteiger partial charge in [-0.25, -0.2) is 0 Å². The highest BCUT2D eigenvalue weighted by Crippen LogP contribution is 2.21. The molecule has 1 aliphatic rings. The van der Waals surface area contributed by atoms with Crippen molar-refractivity contribution in [3.63, 3.8) is 0 Å².